The summed E-state index contributed by atoms with van der Waals surface area (Å²) in [5.41, 5.74) is 4.83. The topological polar surface area (TPSA) is 58.1 Å². The minimum absolute atomic E-state index is 0. The fourth-order valence-corrected chi connectivity index (χ4v) is 3.81. The molecule has 176 valence electrons. The summed E-state index contributed by atoms with van der Waals surface area (Å²) < 4.78 is 11.2. The number of halogens is 1. The van der Waals surface area contributed by atoms with Crippen molar-refractivity contribution in [3.63, 3.8) is 0 Å². The van der Waals surface area contributed by atoms with Crippen LogP contribution in [0.5, 0.6) is 5.75 Å². The van der Waals surface area contributed by atoms with Crippen LogP contribution in [0.2, 0.25) is 0 Å². The first-order valence-corrected chi connectivity index (χ1v) is 11.1. The van der Waals surface area contributed by atoms with Crippen molar-refractivity contribution in [3.8, 4) is 5.75 Å². The second-order valence-corrected chi connectivity index (χ2v) is 8.10. The Morgan fingerprint density at radius 2 is 2.00 bits per heavy atom. The number of rotatable bonds is 8. The zero-order valence-electron chi connectivity index (χ0n) is 19.7. The Balaban J connectivity index is 0.00000363. The first-order valence-electron chi connectivity index (χ1n) is 11.1. The number of hydrogen-bond donors (Lipinski definition) is 2. The Morgan fingerprint density at radius 3 is 2.75 bits per heavy atom. The van der Waals surface area contributed by atoms with Crippen LogP contribution in [0, 0.1) is 6.92 Å². The van der Waals surface area contributed by atoms with Gasteiger partial charge in [0.25, 0.3) is 0 Å². The van der Waals surface area contributed by atoms with Gasteiger partial charge in [0.15, 0.2) is 5.96 Å². The van der Waals surface area contributed by atoms with E-state index in [0.29, 0.717) is 19.2 Å². The van der Waals surface area contributed by atoms with Crippen molar-refractivity contribution < 1.29 is 9.47 Å². The van der Waals surface area contributed by atoms with Gasteiger partial charge < -0.3 is 20.1 Å². The highest BCUT2D eigenvalue weighted by Gasteiger charge is 2.16. The molecule has 0 aromatic heterocycles. The standard InChI is InChI=1S/C25H36N4O2.HI/c1-5-26-25(28-16-23-10-9-19(2)13-24(23)30-4)27-15-21-7-6-8-22(14-21)18-29-11-12-31-20(3)17-29;/h6-10,13-14,20H,5,11-12,15-18H2,1-4H3,(H2,26,27,28);1H. The molecule has 1 fully saturated rings. The molecule has 32 heavy (non-hydrogen) atoms. The Bertz CT molecular complexity index is 875. The van der Waals surface area contributed by atoms with Crippen LogP contribution in [-0.4, -0.2) is 50.3 Å². The molecule has 0 spiro atoms. The molecule has 1 aliphatic heterocycles. The smallest absolute Gasteiger partial charge is 0.191 e. The number of nitrogens with one attached hydrogen (secondary N) is 2. The zero-order chi connectivity index (χ0) is 22.1. The van der Waals surface area contributed by atoms with Gasteiger partial charge in [0.2, 0.25) is 0 Å². The number of hydrogen-bond acceptors (Lipinski definition) is 4. The van der Waals surface area contributed by atoms with Gasteiger partial charge in [-0.15, -0.1) is 24.0 Å². The summed E-state index contributed by atoms with van der Waals surface area (Å²) in [7, 11) is 1.71. The summed E-state index contributed by atoms with van der Waals surface area (Å²) in [6.07, 6.45) is 0.308. The number of aryl methyl sites for hydroxylation is 1. The Hall–Kier alpha value is -1.84. The van der Waals surface area contributed by atoms with Crippen molar-refractivity contribution in [2.75, 3.05) is 33.4 Å². The summed E-state index contributed by atoms with van der Waals surface area (Å²) in [4.78, 5) is 7.25. The van der Waals surface area contributed by atoms with E-state index in [1.54, 1.807) is 7.11 Å². The molecule has 0 radical (unpaired) electrons. The summed E-state index contributed by atoms with van der Waals surface area (Å²) >= 11 is 0. The third kappa shape index (κ3) is 8.26. The van der Waals surface area contributed by atoms with Gasteiger partial charge in [-0.1, -0.05) is 36.4 Å². The van der Waals surface area contributed by atoms with Crippen molar-refractivity contribution in [1.29, 1.82) is 0 Å². The van der Waals surface area contributed by atoms with E-state index < -0.39 is 0 Å². The van der Waals surface area contributed by atoms with E-state index in [-0.39, 0.29) is 24.0 Å². The highest BCUT2D eigenvalue weighted by Crippen LogP contribution is 2.19. The number of methoxy groups -OCH3 is 1. The van der Waals surface area contributed by atoms with Crippen molar-refractivity contribution in [3.05, 3.63) is 64.7 Å². The highest BCUT2D eigenvalue weighted by molar-refractivity contribution is 14.0. The second-order valence-electron chi connectivity index (χ2n) is 8.10. The number of morpholine rings is 1. The zero-order valence-corrected chi connectivity index (χ0v) is 22.0. The predicted molar refractivity (Wildman–Crippen MR) is 142 cm³/mol. The maximum absolute atomic E-state index is 5.65. The second kappa shape index (κ2) is 13.6. The normalized spacial score (nSPS) is 16.9. The first-order chi connectivity index (χ1) is 15.1. The molecule has 2 aromatic rings. The fourth-order valence-electron chi connectivity index (χ4n) is 3.81. The summed E-state index contributed by atoms with van der Waals surface area (Å²) in [6.45, 7) is 12.1. The van der Waals surface area contributed by atoms with Crippen LogP contribution in [0.15, 0.2) is 47.5 Å². The maximum Gasteiger partial charge on any atom is 0.191 e. The molecule has 2 aromatic carbocycles. The fraction of sp³-hybridized carbons (Fsp3) is 0.480. The summed E-state index contributed by atoms with van der Waals surface area (Å²) in [5, 5.41) is 6.76. The van der Waals surface area contributed by atoms with Crippen LogP contribution in [0.4, 0.5) is 0 Å². The van der Waals surface area contributed by atoms with Gasteiger partial charge in [-0.25, -0.2) is 4.99 Å². The van der Waals surface area contributed by atoms with Gasteiger partial charge in [-0.05, 0) is 43.5 Å². The Morgan fingerprint density at radius 1 is 1.19 bits per heavy atom. The molecule has 6 nitrogen and oxygen atoms in total. The molecule has 0 amide bonds. The van der Waals surface area contributed by atoms with Crippen molar-refractivity contribution in [2.24, 2.45) is 4.99 Å². The van der Waals surface area contributed by atoms with Gasteiger partial charge in [0, 0.05) is 38.3 Å². The average Bonchev–Trinajstić information content (AvgIpc) is 2.76. The number of benzene rings is 2. The van der Waals surface area contributed by atoms with Crippen LogP contribution in [0.1, 0.15) is 36.1 Å². The number of aliphatic imine (C=N–C) groups is 1. The van der Waals surface area contributed by atoms with Crippen LogP contribution in [0.3, 0.4) is 0 Å². The van der Waals surface area contributed by atoms with Crippen molar-refractivity contribution in [2.45, 2.75) is 46.5 Å². The molecule has 2 N–H and O–H groups in total. The third-order valence-electron chi connectivity index (χ3n) is 5.38. The monoisotopic (exact) mass is 552 g/mol. The molecular weight excluding hydrogens is 515 g/mol. The molecule has 0 bridgehead atoms. The minimum Gasteiger partial charge on any atom is -0.496 e. The van der Waals surface area contributed by atoms with E-state index in [9.17, 15) is 0 Å². The van der Waals surface area contributed by atoms with E-state index in [1.165, 1.54) is 16.7 Å². The molecule has 1 heterocycles. The predicted octanol–water partition coefficient (Wildman–Crippen LogP) is 4.10. The first kappa shape index (κ1) is 26.4. The van der Waals surface area contributed by atoms with E-state index in [2.05, 4.69) is 78.8 Å². The quantitative estimate of drug-likeness (QED) is 0.294. The number of ether oxygens (including phenoxy) is 2. The van der Waals surface area contributed by atoms with E-state index in [0.717, 1.165) is 50.1 Å². The molecule has 7 heteroatoms. The number of nitrogens with zero attached hydrogens (tertiary/aromatic N) is 2. The molecule has 1 atom stereocenters. The highest BCUT2D eigenvalue weighted by atomic mass is 127. The summed E-state index contributed by atoms with van der Waals surface area (Å²) in [5.74, 6) is 1.70. The molecular formula is C25H37IN4O2. The lowest BCUT2D eigenvalue weighted by Gasteiger charge is -2.31. The molecule has 1 unspecified atom stereocenters. The van der Waals surface area contributed by atoms with Gasteiger partial charge in [-0.3, -0.25) is 4.90 Å². The number of guanidine groups is 1. The van der Waals surface area contributed by atoms with Gasteiger partial charge in [-0.2, -0.15) is 0 Å². The van der Waals surface area contributed by atoms with E-state index >= 15 is 0 Å². The average molecular weight is 553 g/mol. The molecule has 1 aliphatic rings. The Labute approximate surface area is 209 Å². The van der Waals surface area contributed by atoms with E-state index in [1.807, 2.05) is 0 Å². The van der Waals surface area contributed by atoms with Gasteiger partial charge in [0.1, 0.15) is 5.75 Å². The van der Waals surface area contributed by atoms with E-state index in [4.69, 9.17) is 14.5 Å². The minimum atomic E-state index is 0. The van der Waals surface area contributed by atoms with Gasteiger partial charge in [0.05, 0.1) is 26.4 Å². The molecule has 3 rings (SSSR count). The summed E-state index contributed by atoms with van der Waals surface area (Å²) in [6, 6.07) is 15.0. The van der Waals surface area contributed by atoms with Crippen LogP contribution < -0.4 is 15.4 Å². The Kier molecular flexibility index (Phi) is 11.3. The van der Waals surface area contributed by atoms with Crippen molar-refractivity contribution >= 4 is 29.9 Å². The van der Waals surface area contributed by atoms with Crippen molar-refractivity contribution in [1.82, 2.24) is 15.5 Å². The molecule has 1 saturated heterocycles. The van der Waals surface area contributed by atoms with Crippen LogP contribution in [-0.2, 0) is 24.4 Å². The molecule has 0 aliphatic carbocycles. The largest absolute Gasteiger partial charge is 0.496 e. The lowest BCUT2D eigenvalue weighted by atomic mass is 10.1. The maximum atomic E-state index is 5.65. The third-order valence-corrected chi connectivity index (χ3v) is 5.38. The molecule has 0 saturated carbocycles. The van der Waals surface area contributed by atoms with Crippen LogP contribution >= 0.6 is 24.0 Å². The van der Waals surface area contributed by atoms with Crippen LogP contribution in [0.25, 0.3) is 0 Å². The SMILES string of the molecule is CCNC(=NCc1cccc(CN2CCOC(C)C2)c1)NCc1ccc(C)cc1OC.I. The van der Waals surface area contributed by atoms with Gasteiger partial charge >= 0.3 is 0 Å². The lowest BCUT2D eigenvalue weighted by Crippen LogP contribution is -2.40. The lowest BCUT2D eigenvalue weighted by molar-refractivity contribution is -0.0212.